The maximum Gasteiger partial charge on any atom is 0.244 e. The number of carbonyl (C=O) groups is 2. The van der Waals surface area contributed by atoms with E-state index >= 15 is 0 Å². The molecule has 0 radical (unpaired) electrons. The van der Waals surface area contributed by atoms with Gasteiger partial charge in [-0.2, -0.15) is 0 Å². The average molecular weight is 565 g/mol. The number of fused-ring (bicyclic) bond motifs is 1. The second-order valence-corrected chi connectivity index (χ2v) is 11.8. The Morgan fingerprint density at radius 1 is 0.905 bits per heavy atom. The normalized spacial score (nSPS) is 20.4. The summed E-state index contributed by atoms with van der Waals surface area (Å²) in [7, 11) is 2.17. The summed E-state index contributed by atoms with van der Waals surface area (Å²) in [5, 5.41) is 2.97. The molecule has 42 heavy (non-hydrogen) atoms. The van der Waals surface area contributed by atoms with Crippen LogP contribution in [0.3, 0.4) is 0 Å². The van der Waals surface area contributed by atoms with E-state index in [1.807, 2.05) is 36.4 Å². The standard InChI is InChI=1S/C34H40N6O2/c1-38-19-21-39(22-20-38)34-36-29-13-7-8-14-30(29)40(34)23-24-15-17-25(18-16-24)27-11-5-6-12-28(27)33(42)37-31(32(35)41)26-9-3-2-4-10-26/h2-4,7-10,13-18,27-28,31H,5-6,11-12,19-23H2,1H3,(H2,35,41)(H,37,42)/t27?,28-,31+/m1/s1. The number of likely N-dealkylation sites (N-methyl/N-ethyl adjacent to an activating group) is 1. The Kier molecular flexibility index (Phi) is 8.24. The van der Waals surface area contributed by atoms with Crippen LogP contribution in [0.1, 0.15) is 54.3 Å². The first-order valence-corrected chi connectivity index (χ1v) is 15.1. The maximum absolute atomic E-state index is 13.5. The number of imidazole rings is 1. The van der Waals surface area contributed by atoms with Gasteiger partial charge in [0.05, 0.1) is 17.6 Å². The van der Waals surface area contributed by atoms with Crippen molar-refractivity contribution in [2.45, 2.75) is 44.2 Å². The number of aromatic nitrogens is 2. The van der Waals surface area contributed by atoms with Gasteiger partial charge in [-0.05, 0) is 54.6 Å². The fourth-order valence-corrected chi connectivity index (χ4v) is 6.58. The average Bonchev–Trinajstić information content (AvgIpc) is 3.39. The number of amides is 2. The number of rotatable bonds is 8. The summed E-state index contributed by atoms with van der Waals surface area (Å²) in [5.41, 5.74) is 10.9. The Labute approximate surface area is 247 Å². The molecule has 2 fully saturated rings. The SMILES string of the molecule is CN1CCN(c2nc3ccccc3n2Cc2ccc(C3CCCC[C@H]3C(=O)N[C@H](C(N)=O)c3ccccc3)cc2)CC1. The van der Waals surface area contributed by atoms with Crippen LogP contribution in [0.5, 0.6) is 0 Å². The molecule has 8 heteroatoms. The van der Waals surface area contributed by atoms with E-state index < -0.39 is 11.9 Å². The van der Waals surface area contributed by atoms with Gasteiger partial charge in [0.1, 0.15) is 6.04 Å². The molecule has 218 valence electrons. The number of carbonyl (C=O) groups excluding carboxylic acids is 2. The molecule has 1 aliphatic carbocycles. The molecule has 2 aliphatic rings. The Morgan fingerprint density at radius 3 is 2.33 bits per heavy atom. The highest BCUT2D eigenvalue weighted by molar-refractivity contribution is 5.89. The highest BCUT2D eigenvalue weighted by atomic mass is 16.2. The monoisotopic (exact) mass is 564 g/mol. The van der Waals surface area contributed by atoms with Crippen molar-refractivity contribution >= 4 is 28.8 Å². The van der Waals surface area contributed by atoms with Crippen molar-refractivity contribution in [2.24, 2.45) is 11.7 Å². The fraction of sp³-hybridized carbons (Fsp3) is 0.382. The lowest BCUT2D eigenvalue weighted by molar-refractivity contribution is -0.131. The Bertz CT molecular complexity index is 1520. The molecule has 1 unspecified atom stereocenters. The molecule has 2 heterocycles. The van der Waals surface area contributed by atoms with Gasteiger partial charge in [-0.25, -0.2) is 4.98 Å². The number of primary amides is 1. The largest absolute Gasteiger partial charge is 0.368 e. The molecule has 6 rings (SSSR count). The molecule has 1 aliphatic heterocycles. The third-order valence-corrected chi connectivity index (χ3v) is 8.98. The van der Waals surface area contributed by atoms with Crippen LogP contribution in [0.15, 0.2) is 78.9 Å². The minimum atomic E-state index is -0.830. The molecule has 8 nitrogen and oxygen atoms in total. The van der Waals surface area contributed by atoms with E-state index in [0.717, 1.165) is 75.4 Å². The van der Waals surface area contributed by atoms with Gasteiger partial charge in [0.15, 0.2) is 0 Å². The number of nitrogens with two attached hydrogens (primary N) is 1. The molecule has 2 amide bonds. The number of nitrogens with one attached hydrogen (secondary N) is 1. The maximum atomic E-state index is 13.5. The predicted molar refractivity (Wildman–Crippen MR) is 166 cm³/mol. The van der Waals surface area contributed by atoms with Crippen molar-refractivity contribution < 1.29 is 9.59 Å². The minimum absolute atomic E-state index is 0.0990. The summed E-state index contributed by atoms with van der Waals surface area (Å²) in [4.78, 5) is 35.6. The van der Waals surface area contributed by atoms with Gasteiger partial charge in [0.2, 0.25) is 17.8 Å². The van der Waals surface area contributed by atoms with Gasteiger partial charge in [0, 0.05) is 32.1 Å². The Hall–Kier alpha value is -4.17. The van der Waals surface area contributed by atoms with Gasteiger partial charge >= 0.3 is 0 Å². The number of nitrogens with zero attached hydrogens (tertiary/aromatic N) is 4. The molecule has 1 saturated carbocycles. The first-order chi connectivity index (χ1) is 20.5. The van der Waals surface area contributed by atoms with Crippen LogP contribution >= 0.6 is 0 Å². The Morgan fingerprint density at radius 2 is 1.60 bits per heavy atom. The number of benzene rings is 3. The van der Waals surface area contributed by atoms with Gasteiger partial charge in [-0.3, -0.25) is 9.59 Å². The minimum Gasteiger partial charge on any atom is -0.368 e. The number of hydrogen-bond acceptors (Lipinski definition) is 5. The molecule has 0 spiro atoms. The van der Waals surface area contributed by atoms with Gasteiger partial charge in [-0.1, -0.05) is 79.6 Å². The van der Waals surface area contributed by atoms with Crippen LogP contribution in [-0.4, -0.2) is 59.5 Å². The van der Waals surface area contributed by atoms with Crippen molar-refractivity contribution in [2.75, 3.05) is 38.1 Å². The quantitative estimate of drug-likeness (QED) is 0.330. The smallest absolute Gasteiger partial charge is 0.244 e. The van der Waals surface area contributed by atoms with Crippen molar-refractivity contribution in [3.8, 4) is 0 Å². The zero-order valence-corrected chi connectivity index (χ0v) is 24.3. The first-order valence-electron chi connectivity index (χ1n) is 15.1. The summed E-state index contributed by atoms with van der Waals surface area (Å²) >= 11 is 0. The van der Waals surface area contributed by atoms with Crippen LogP contribution in [0.2, 0.25) is 0 Å². The topological polar surface area (TPSA) is 96.5 Å². The van der Waals surface area contributed by atoms with Crippen LogP contribution in [0.4, 0.5) is 5.95 Å². The van der Waals surface area contributed by atoms with E-state index in [1.165, 1.54) is 11.1 Å². The molecule has 1 saturated heterocycles. The fourth-order valence-electron chi connectivity index (χ4n) is 6.58. The lowest BCUT2D eigenvalue weighted by Crippen LogP contribution is -2.45. The highest BCUT2D eigenvalue weighted by Crippen LogP contribution is 2.38. The van der Waals surface area contributed by atoms with Crippen LogP contribution in [0.25, 0.3) is 11.0 Å². The first kappa shape index (κ1) is 28.0. The van der Waals surface area contributed by atoms with Crippen LogP contribution in [0, 0.1) is 5.92 Å². The molecule has 3 atom stereocenters. The molecule has 4 aromatic rings. The zero-order chi connectivity index (χ0) is 29.1. The summed E-state index contributed by atoms with van der Waals surface area (Å²) < 4.78 is 2.33. The zero-order valence-electron chi connectivity index (χ0n) is 24.3. The molecule has 3 aromatic carbocycles. The predicted octanol–water partition coefficient (Wildman–Crippen LogP) is 4.45. The highest BCUT2D eigenvalue weighted by Gasteiger charge is 2.34. The third kappa shape index (κ3) is 5.90. The van der Waals surface area contributed by atoms with Crippen molar-refractivity contribution in [1.29, 1.82) is 0 Å². The molecule has 3 N–H and O–H groups in total. The molecule has 0 bridgehead atoms. The van der Waals surface area contributed by atoms with Crippen molar-refractivity contribution in [3.63, 3.8) is 0 Å². The Balaban J connectivity index is 1.21. The van der Waals surface area contributed by atoms with E-state index in [2.05, 4.69) is 69.2 Å². The molecular weight excluding hydrogens is 524 g/mol. The molecular formula is C34H40N6O2. The number of piperazine rings is 1. The third-order valence-electron chi connectivity index (χ3n) is 8.98. The second kappa shape index (κ2) is 12.4. The van der Waals surface area contributed by atoms with Crippen molar-refractivity contribution in [1.82, 2.24) is 19.8 Å². The van der Waals surface area contributed by atoms with Gasteiger partial charge in [-0.15, -0.1) is 0 Å². The number of anilines is 1. The van der Waals surface area contributed by atoms with E-state index in [0.29, 0.717) is 5.56 Å². The molecule has 1 aromatic heterocycles. The summed E-state index contributed by atoms with van der Waals surface area (Å²) in [6.45, 7) is 4.71. The van der Waals surface area contributed by atoms with E-state index in [9.17, 15) is 9.59 Å². The van der Waals surface area contributed by atoms with Crippen LogP contribution < -0.4 is 16.0 Å². The summed E-state index contributed by atoms with van der Waals surface area (Å²) in [5.74, 6) is 0.288. The van der Waals surface area contributed by atoms with Gasteiger partial charge < -0.3 is 25.4 Å². The van der Waals surface area contributed by atoms with E-state index in [1.54, 1.807) is 0 Å². The number of para-hydroxylation sites is 2. The summed E-state index contributed by atoms with van der Waals surface area (Å²) in [6, 6.07) is 25.5. The lowest BCUT2D eigenvalue weighted by atomic mass is 9.74. The second-order valence-electron chi connectivity index (χ2n) is 11.8. The van der Waals surface area contributed by atoms with Crippen molar-refractivity contribution in [3.05, 3.63) is 95.6 Å². The van der Waals surface area contributed by atoms with E-state index in [4.69, 9.17) is 10.7 Å². The van der Waals surface area contributed by atoms with Crippen LogP contribution in [-0.2, 0) is 16.1 Å². The summed E-state index contributed by atoms with van der Waals surface area (Å²) in [6.07, 6.45) is 3.84. The number of hydrogen-bond donors (Lipinski definition) is 2. The van der Waals surface area contributed by atoms with E-state index in [-0.39, 0.29) is 17.7 Å². The lowest BCUT2D eigenvalue weighted by Gasteiger charge is -2.33. The van der Waals surface area contributed by atoms with Gasteiger partial charge in [0.25, 0.3) is 0 Å².